The third kappa shape index (κ3) is 4.98. The van der Waals surface area contributed by atoms with Crippen LogP contribution in [0.5, 0.6) is 17.2 Å². The van der Waals surface area contributed by atoms with E-state index < -0.39 is 17.7 Å². The summed E-state index contributed by atoms with van der Waals surface area (Å²) in [6.45, 7) is 5.19. The number of carbonyl (C=O) groups is 1. The van der Waals surface area contributed by atoms with Crippen molar-refractivity contribution in [2.75, 3.05) is 27.3 Å². The monoisotopic (exact) mass is 494 g/mol. The highest BCUT2D eigenvalue weighted by Crippen LogP contribution is 2.39. The summed E-state index contributed by atoms with van der Waals surface area (Å²) in [6.07, 6.45) is 1.39. The van der Waals surface area contributed by atoms with Crippen molar-refractivity contribution in [2.24, 2.45) is 0 Å². The van der Waals surface area contributed by atoms with E-state index in [1.165, 1.54) is 6.07 Å². The van der Waals surface area contributed by atoms with Gasteiger partial charge >= 0.3 is 6.09 Å². The number of benzene rings is 3. The fraction of sp³-hybridized carbons (Fsp3) is 0.250. The molecule has 0 saturated carbocycles. The van der Waals surface area contributed by atoms with E-state index in [1.54, 1.807) is 31.3 Å². The summed E-state index contributed by atoms with van der Waals surface area (Å²) in [5, 5.41) is 0.737. The van der Waals surface area contributed by atoms with E-state index in [4.69, 9.17) is 14.2 Å². The van der Waals surface area contributed by atoms with E-state index in [1.807, 2.05) is 48.9 Å². The first-order valence-electron chi connectivity index (χ1n) is 11.6. The molecule has 6 nitrogen and oxygen atoms in total. The second kappa shape index (κ2) is 10.7. The fourth-order valence-electron chi connectivity index (χ4n) is 4.22. The molecule has 0 bridgehead atoms. The molecule has 0 atom stereocenters. The summed E-state index contributed by atoms with van der Waals surface area (Å²) in [5.41, 5.74) is 2.70. The van der Waals surface area contributed by atoms with Crippen molar-refractivity contribution in [1.82, 2.24) is 9.47 Å². The van der Waals surface area contributed by atoms with Crippen molar-refractivity contribution in [3.8, 4) is 28.4 Å². The zero-order valence-corrected chi connectivity index (χ0v) is 20.7. The molecule has 0 aliphatic rings. The first-order chi connectivity index (χ1) is 17.4. The van der Waals surface area contributed by atoms with Crippen molar-refractivity contribution in [3.63, 3.8) is 0 Å². The Kier molecular flexibility index (Phi) is 7.43. The molecule has 3 aromatic carbocycles. The van der Waals surface area contributed by atoms with Crippen LogP contribution in [0.4, 0.5) is 13.6 Å². The Labute approximate surface area is 208 Å². The van der Waals surface area contributed by atoms with E-state index in [-0.39, 0.29) is 5.75 Å². The average Bonchev–Trinajstić information content (AvgIpc) is 3.28. The van der Waals surface area contributed by atoms with Crippen LogP contribution in [0.2, 0.25) is 0 Å². The van der Waals surface area contributed by atoms with Crippen molar-refractivity contribution in [1.29, 1.82) is 0 Å². The molecule has 0 unspecified atom stereocenters. The minimum atomic E-state index is -0.978. The Morgan fingerprint density at radius 3 is 2.19 bits per heavy atom. The van der Waals surface area contributed by atoms with Gasteiger partial charge in [0.15, 0.2) is 11.6 Å². The highest BCUT2D eigenvalue weighted by Gasteiger charge is 2.20. The van der Waals surface area contributed by atoms with Gasteiger partial charge in [0.1, 0.15) is 17.2 Å². The fourth-order valence-corrected chi connectivity index (χ4v) is 4.22. The smallest absolute Gasteiger partial charge is 0.415 e. The Hall–Kier alpha value is -4.07. The molecule has 36 heavy (non-hydrogen) atoms. The Morgan fingerprint density at radius 2 is 1.58 bits per heavy atom. The summed E-state index contributed by atoms with van der Waals surface area (Å²) in [7, 11) is 3.19. The second-order valence-electron chi connectivity index (χ2n) is 8.21. The van der Waals surface area contributed by atoms with Crippen LogP contribution in [0.1, 0.15) is 19.4 Å². The van der Waals surface area contributed by atoms with Crippen LogP contribution >= 0.6 is 0 Å². The van der Waals surface area contributed by atoms with Gasteiger partial charge in [-0.15, -0.1) is 0 Å². The predicted octanol–water partition coefficient (Wildman–Crippen LogP) is 6.49. The summed E-state index contributed by atoms with van der Waals surface area (Å²) >= 11 is 0. The average molecular weight is 495 g/mol. The molecular weight excluding hydrogens is 466 g/mol. The number of halogens is 2. The Morgan fingerprint density at radius 1 is 0.889 bits per heavy atom. The molecule has 0 N–H and O–H groups in total. The van der Waals surface area contributed by atoms with Crippen molar-refractivity contribution in [3.05, 3.63) is 78.0 Å². The van der Waals surface area contributed by atoms with Gasteiger partial charge in [-0.1, -0.05) is 6.07 Å². The van der Waals surface area contributed by atoms with Crippen LogP contribution in [0, 0.1) is 11.6 Å². The van der Waals surface area contributed by atoms with Crippen LogP contribution in [-0.2, 0) is 6.54 Å². The lowest BCUT2D eigenvalue weighted by atomic mass is 10.00. The Bertz CT molecular complexity index is 1370. The lowest BCUT2D eigenvalue weighted by Gasteiger charge is -2.20. The number of hydrogen-bond donors (Lipinski definition) is 0. The number of hydrogen-bond acceptors (Lipinski definition) is 4. The molecule has 0 saturated heterocycles. The molecule has 0 spiro atoms. The summed E-state index contributed by atoms with van der Waals surface area (Å²) < 4.78 is 46.5. The first-order valence-corrected chi connectivity index (χ1v) is 11.6. The van der Waals surface area contributed by atoms with Crippen LogP contribution in [0.15, 0.2) is 60.8 Å². The number of rotatable bonds is 8. The van der Waals surface area contributed by atoms with E-state index in [0.717, 1.165) is 28.6 Å². The maximum absolute atomic E-state index is 14.2. The molecule has 0 aliphatic carbocycles. The Balaban J connectivity index is 1.82. The van der Waals surface area contributed by atoms with Gasteiger partial charge in [-0.2, -0.15) is 0 Å². The third-order valence-corrected chi connectivity index (χ3v) is 6.11. The topological polar surface area (TPSA) is 52.9 Å². The molecular formula is C28H28F2N2O4. The number of ether oxygens (including phenoxy) is 3. The second-order valence-corrected chi connectivity index (χ2v) is 8.21. The zero-order valence-electron chi connectivity index (χ0n) is 20.7. The largest absolute Gasteiger partial charge is 0.497 e. The summed E-state index contributed by atoms with van der Waals surface area (Å²) in [5.74, 6) is -0.306. The molecule has 1 aromatic heterocycles. The minimum Gasteiger partial charge on any atom is -0.497 e. The minimum absolute atomic E-state index is 0.270. The van der Waals surface area contributed by atoms with Gasteiger partial charge in [0, 0.05) is 48.4 Å². The van der Waals surface area contributed by atoms with Gasteiger partial charge in [0.05, 0.1) is 14.2 Å². The lowest BCUT2D eigenvalue weighted by molar-refractivity contribution is 0.157. The van der Waals surface area contributed by atoms with Gasteiger partial charge in [0.25, 0.3) is 0 Å². The lowest BCUT2D eigenvalue weighted by Crippen LogP contribution is -2.33. The number of nitrogens with zero attached hydrogens (tertiary/aromatic N) is 2. The van der Waals surface area contributed by atoms with E-state index in [2.05, 4.69) is 0 Å². The normalized spacial score (nSPS) is 10.9. The van der Waals surface area contributed by atoms with Gasteiger partial charge in [0.2, 0.25) is 0 Å². The molecule has 0 fully saturated rings. The third-order valence-electron chi connectivity index (χ3n) is 6.11. The van der Waals surface area contributed by atoms with E-state index in [0.29, 0.717) is 42.3 Å². The predicted molar refractivity (Wildman–Crippen MR) is 135 cm³/mol. The first kappa shape index (κ1) is 25.0. The molecule has 1 heterocycles. The zero-order chi connectivity index (χ0) is 25.8. The number of amides is 1. The molecule has 0 radical (unpaired) electrons. The molecule has 4 aromatic rings. The van der Waals surface area contributed by atoms with Crippen LogP contribution in [-0.4, -0.2) is 42.9 Å². The highest BCUT2D eigenvalue weighted by atomic mass is 19.2. The SMILES string of the molecule is CCN(CC)C(=O)Oc1ccc2c(ccn2Cc2cc(OC)cc(OC)c2)c1-c1ccc(F)c(F)c1. The summed E-state index contributed by atoms with van der Waals surface area (Å²) in [4.78, 5) is 14.3. The quantitative estimate of drug-likeness (QED) is 0.281. The molecule has 1 amide bonds. The number of carbonyl (C=O) groups excluding carboxylic acids is 1. The van der Waals surface area contributed by atoms with Gasteiger partial charge < -0.3 is 23.7 Å². The van der Waals surface area contributed by atoms with Gasteiger partial charge in [-0.3, -0.25) is 0 Å². The molecule has 188 valence electrons. The number of methoxy groups -OCH3 is 2. The number of aromatic nitrogens is 1. The van der Waals surface area contributed by atoms with Crippen LogP contribution in [0.25, 0.3) is 22.0 Å². The van der Waals surface area contributed by atoms with Crippen molar-refractivity contribution in [2.45, 2.75) is 20.4 Å². The summed E-state index contributed by atoms with van der Waals surface area (Å²) in [6, 6.07) is 14.7. The maximum atomic E-state index is 14.2. The highest BCUT2D eigenvalue weighted by molar-refractivity contribution is 5.99. The standard InChI is InChI=1S/C28H28F2N2O4/c1-5-31(6-2)28(33)36-26-10-9-25-22(27(26)19-7-8-23(29)24(30)15-19)11-12-32(25)17-18-13-20(34-3)16-21(14-18)35-4/h7-16H,5-6,17H2,1-4H3. The number of fused-ring (bicyclic) bond motifs is 1. The molecule has 4 rings (SSSR count). The maximum Gasteiger partial charge on any atom is 0.415 e. The van der Waals surface area contributed by atoms with Gasteiger partial charge in [-0.25, -0.2) is 13.6 Å². The van der Waals surface area contributed by atoms with Gasteiger partial charge in [-0.05, 0) is 67.4 Å². The van der Waals surface area contributed by atoms with Crippen molar-refractivity contribution >= 4 is 17.0 Å². The molecule has 8 heteroatoms. The van der Waals surface area contributed by atoms with Crippen LogP contribution < -0.4 is 14.2 Å². The van der Waals surface area contributed by atoms with E-state index >= 15 is 0 Å². The van der Waals surface area contributed by atoms with Crippen LogP contribution in [0.3, 0.4) is 0 Å². The van der Waals surface area contributed by atoms with E-state index in [9.17, 15) is 13.6 Å². The van der Waals surface area contributed by atoms with Crippen molar-refractivity contribution < 1.29 is 27.8 Å². The molecule has 0 aliphatic heterocycles.